The van der Waals surface area contributed by atoms with E-state index in [1.807, 2.05) is 72.8 Å². The largest absolute Gasteiger partial charge is 0.489 e. The summed E-state index contributed by atoms with van der Waals surface area (Å²) in [4.78, 5) is 43.9. The van der Waals surface area contributed by atoms with E-state index in [-0.39, 0.29) is 36.5 Å². The molecule has 3 aromatic rings. The van der Waals surface area contributed by atoms with Crippen LogP contribution in [0, 0.1) is 0 Å². The Morgan fingerprint density at radius 2 is 1.59 bits per heavy atom. The van der Waals surface area contributed by atoms with Crippen molar-refractivity contribution in [2.24, 2.45) is 0 Å². The second kappa shape index (κ2) is 9.61. The van der Waals surface area contributed by atoms with Crippen molar-refractivity contribution < 1.29 is 19.1 Å². The van der Waals surface area contributed by atoms with Gasteiger partial charge < -0.3 is 19.9 Å². The topological polar surface area (TPSA) is 82.2 Å². The number of imide groups is 1. The van der Waals surface area contributed by atoms with Crippen LogP contribution in [-0.4, -0.2) is 64.4 Å². The van der Waals surface area contributed by atoms with Gasteiger partial charge in [0.15, 0.2) is 0 Å². The van der Waals surface area contributed by atoms with Crippen molar-refractivity contribution in [1.82, 2.24) is 14.7 Å². The van der Waals surface area contributed by atoms with Crippen molar-refractivity contribution in [3.63, 3.8) is 0 Å². The molecule has 1 N–H and O–H groups in total. The molecule has 188 valence electrons. The van der Waals surface area contributed by atoms with Crippen LogP contribution in [-0.2, 0) is 11.4 Å². The van der Waals surface area contributed by atoms with Gasteiger partial charge >= 0.3 is 12.1 Å². The number of piperazine rings is 1. The van der Waals surface area contributed by atoms with E-state index >= 15 is 0 Å². The molecule has 0 spiro atoms. The van der Waals surface area contributed by atoms with E-state index in [9.17, 15) is 14.4 Å². The second-order valence-electron chi connectivity index (χ2n) is 9.70. The summed E-state index contributed by atoms with van der Waals surface area (Å²) in [6, 6.07) is 25.9. The van der Waals surface area contributed by atoms with Crippen molar-refractivity contribution in [2.45, 2.75) is 31.0 Å². The lowest BCUT2D eigenvalue weighted by Crippen LogP contribution is -2.55. The van der Waals surface area contributed by atoms with Crippen molar-refractivity contribution in [2.75, 3.05) is 25.0 Å². The van der Waals surface area contributed by atoms with Crippen LogP contribution in [0.2, 0.25) is 0 Å². The molecule has 3 fully saturated rings. The summed E-state index contributed by atoms with van der Waals surface area (Å²) in [5.74, 6) is 0.694. The van der Waals surface area contributed by atoms with Crippen molar-refractivity contribution in [1.29, 1.82) is 0 Å². The number of carbonyl (C=O) groups is 3. The van der Waals surface area contributed by atoms with Crippen molar-refractivity contribution in [3.05, 3.63) is 96.1 Å². The molecule has 5 amide bonds. The molecule has 6 rings (SSSR count). The molecule has 2 aliphatic heterocycles. The molecular weight excluding hydrogens is 468 g/mol. The van der Waals surface area contributed by atoms with Crippen molar-refractivity contribution in [3.8, 4) is 5.75 Å². The van der Waals surface area contributed by atoms with E-state index in [2.05, 4.69) is 5.32 Å². The second-order valence-corrected chi connectivity index (χ2v) is 9.70. The fraction of sp³-hybridized carbons (Fsp3) is 0.276. The van der Waals surface area contributed by atoms with E-state index in [1.165, 1.54) is 4.90 Å². The third kappa shape index (κ3) is 4.62. The predicted molar refractivity (Wildman–Crippen MR) is 138 cm³/mol. The molecule has 0 aromatic heterocycles. The summed E-state index contributed by atoms with van der Waals surface area (Å²) in [6.45, 7) is 1.37. The summed E-state index contributed by atoms with van der Waals surface area (Å²) >= 11 is 0. The normalized spacial score (nSPS) is 22.6. The zero-order valence-electron chi connectivity index (χ0n) is 20.3. The third-order valence-corrected chi connectivity index (χ3v) is 7.31. The summed E-state index contributed by atoms with van der Waals surface area (Å²) in [5, 5.41) is 2.90. The molecule has 2 heterocycles. The van der Waals surface area contributed by atoms with Crippen LogP contribution >= 0.6 is 0 Å². The molecule has 8 nitrogen and oxygen atoms in total. The smallest absolute Gasteiger partial charge is 0.327 e. The average molecular weight is 497 g/mol. The minimum absolute atomic E-state index is 0.0992. The predicted octanol–water partition coefficient (Wildman–Crippen LogP) is 4.30. The van der Waals surface area contributed by atoms with Gasteiger partial charge in [0.05, 0.1) is 6.54 Å². The highest BCUT2D eigenvalue weighted by Gasteiger charge is 2.56. The van der Waals surface area contributed by atoms with Crippen LogP contribution < -0.4 is 10.1 Å². The quantitative estimate of drug-likeness (QED) is 0.516. The Hall–Kier alpha value is -4.33. The van der Waals surface area contributed by atoms with Gasteiger partial charge in [-0.15, -0.1) is 0 Å². The van der Waals surface area contributed by atoms with Gasteiger partial charge in [-0.2, -0.15) is 0 Å². The van der Waals surface area contributed by atoms with Gasteiger partial charge in [0.25, 0.3) is 5.91 Å². The fourth-order valence-electron chi connectivity index (χ4n) is 5.21. The number of amides is 5. The molecule has 8 heteroatoms. The minimum Gasteiger partial charge on any atom is -0.489 e. The van der Waals surface area contributed by atoms with Gasteiger partial charge in [0, 0.05) is 30.7 Å². The first-order valence-corrected chi connectivity index (χ1v) is 12.6. The SMILES string of the molecule is O=C(Nc1ccc(OCc2ccccc2)cc1)N1CCN2C(=O)N(C3CC3c3ccccc3)C(=O)C2C1. The van der Waals surface area contributed by atoms with E-state index in [4.69, 9.17) is 4.74 Å². The maximum Gasteiger partial charge on any atom is 0.327 e. The van der Waals surface area contributed by atoms with Crippen LogP contribution in [0.4, 0.5) is 15.3 Å². The maximum absolute atomic E-state index is 13.2. The van der Waals surface area contributed by atoms with Crippen LogP contribution in [0.3, 0.4) is 0 Å². The number of nitrogens with zero attached hydrogens (tertiary/aromatic N) is 3. The molecule has 2 saturated heterocycles. The zero-order valence-corrected chi connectivity index (χ0v) is 20.3. The first-order valence-electron chi connectivity index (χ1n) is 12.6. The molecule has 0 bridgehead atoms. The molecule has 3 atom stereocenters. The van der Waals surface area contributed by atoms with Crippen LogP contribution in [0.1, 0.15) is 23.5 Å². The summed E-state index contributed by atoms with van der Waals surface area (Å²) in [7, 11) is 0. The van der Waals surface area contributed by atoms with Gasteiger partial charge in [-0.05, 0) is 41.8 Å². The Balaban J connectivity index is 1.04. The standard InChI is InChI=1S/C29H28N4O4/c34-27-26-18-31(15-16-32(26)29(36)33(27)25-17-24(25)21-9-5-2-6-10-21)28(35)30-22-11-13-23(14-12-22)37-19-20-7-3-1-4-8-20/h1-14,24-26H,15-19H2,(H,30,35). The lowest BCUT2D eigenvalue weighted by Gasteiger charge is -2.35. The van der Waals surface area contributed by atoms with E-state index in [0.29, 0.717) is 31.1 Å². The van der Waals surface area contributed by atoms with Crippen LogP contribution in [0.15, 0.2) is 84.9 Å². The molecule has 3 aliphatic rings. The first kappa shape index (κ1) is 23.1. The number of ether oxygens (including phenoxy) is 1. The Bertz CT molecular complexity index is 1300. The lowest BCUT2D eigenvalue weighted by atomic mass is 10.1. The number of carbonyl (C=O) groups excluding carboxylic acids is 3. The van der Waals surface area contributed by atoms with E-state index in [1.54, 1.807) is 21.9 Å². The Morgan fingerprint density at radius 1 is 0.892 bits per heavy atom. The van der Waals surface area contributed by atoms with Crippen LogP contribution in [0.5, 0.6) is 5.75 Å². The summed E-state index contributed by atoms with van der Waals surface area (Å²) < 4.78 is 5.80. The number of fused-ring (bicyclic) bond motifs is 1. The first-order chi connectivity index (χ1) is 18.1. The maximum atomic E-state index is 13.2. The Labute approximate surface area is 215 Å². The van der Waals surface area contributed by atoms with Crippen molar-refractivity contribution >= 4 is 23.7 Å². The molecule has 0 radical (unpaired) electrons. The molecule has 3 aromatic carbocycles. The summed E-state index contributed by atoms with van der Waals surface area (Å²) in [6.07, 6.45) is 0.789. The number of benzene rings is 3. The Kier molecular flexibility index (Phi) is 6.00. The molecule has 37 heavy (non-hydrogen) atoms. The molecule has 3 unspecified atom stereocenters. The average Bonchev–Trinajstić information content (AvgIpc) is 3.69. The number of anilines is 1. The van der Waals surface area contributed by atoms with Gasteiger partial charge in [0.2, 0.25) is 0 Å². The number of hydrogen-bond acceptors (Lipinski definition) is 4. The lowest BCUT2D eigenvalue weighted by molar-refractivity contribution is -0.129. The van der Waals surface area contributed by atoms with Gasteiger partial charge in [0.1, 0.15) is 18.4 Å². The molecular formula is C29H28N4O4. The van der Waals surface area contributed by atoms with E-state index < -0.39 is 6.04 Å². The van der Waals surface area contributed by atoms with Gasteiger partial charge in [-0.25, -0.2) is 9.59 Å². The van der Waals surface area contributed by atoms with Crippen LogP contribution in [0.25, 0.3) is 0 Å². The number of rotatable bonds is 6. The Morgan fingerprint density at radius 3 is 2.32 bits per heavy atom. The minimum atomic E-state index is -0.627. The fourth-order valence-corrected chi connectivity index (χ4v) is 5.21. The zero-order chi connectivity index (χ0) is 25.4. The number of nitrogens with one attached hydrogen (secondary N) is 1. The monoisotopic (exact) mass is 496 g/mol. The highest BCUT2D eigenvalue weighted by Crippen LogP contribution is 2.46. The number of hydrogen-bond donors (Lipinski definition) is 1. The number of urea groups is 2. The highest BCUT2D eigenvalue weighted by atomic mass is 16.5. The van der Waals surface area contributed by atoms with Gasteiger partial charge in [-0.1, -0.05) is 60.7 Å². The summed E-state index contributed by atoms with van der Waals surface area (Å²) in [5.41, 5.74) is 2.86. The molecule has 1 saturated carbocycles. The van der Waals surface area contributed by atoms with E-state index in [0.717, 1.165) is 17.5 Å². The van der Waals surface area contributed by atoms with Gasteiger partial charge in [-0.3, -0.25) is 9.69 Å². The third-order valence-electron chi connectivity index (χ3n) is 7.31. The molecule has 1 aliphatic carbocycles. The highest BCUT2D eigenvalue weighted by molar-refractivity contribution is 6.05.